The van der Waals surface area contributed by atoms with Gasteiger partial charge in [0.2, 0.25) is 0 Å². The molecule has 1 aromatic carbocycles. The van der Waals surface area contributed by atoms with Gasteiger partial charge in [0, 0.05) is 35.1 Å². The van der Waals surface area contributed by atoms with E-state index in [1.165, 1.54) is 5.56 Å². The van der Waals surface area contributed by atoms with Gasteiger partial charge in [-0.25, -0.2) is 4.79 Å². The van der Waals surface area contributed by atoms with Crippen molar-refractivity contribution in [2.45, 2.75) is 45.3 Å². The Balaban J connectivity index is 1.63. The lowest BCUT2D eigenvalue weighted by Gasteiger charge is -2.32. The predicted molar refractivity (Wildman–Crippen MR) is 128 cm³/mol. The van der Waals surface area contributed by atoms with Crippen LogP contribution >= 0.6 is 11.8 Å². The highest BCUT2D eigenvalue weighted by Gasteiger charge is 2.46. The third-order valence-corrected chi connectivity index (χ3v) is 7.60. The molecule has 3 aromatic rings. The van der Waals surface area contributed by atoms with Crippen LogP contribution in [0.25, 0.3) is 5.69 Å². The highest BCUT2D eigenvalue weighted by molar-refractivity contribution is 8.14. The Bertz CT molecular complexity index is 1200. The lowest BCUT2D eigenvalue weighted by Crippen LogP contribution is -2.35. The van der Waals surface area contributed by atoms with Gasteiger partial charge in [0.25, 0.3) is 0 Å². The lowest BCUT2D eigenvalue weighted by molar-refractivity contribution is 0.0697. The maximum atomic E-state index is 11.5. The molecular weight excluding hydrogens is 420 g/mol. The summed E-state index contributed by atoms with van der Waals surface area (Å²) in [6.45, 7) is 6.43. The Labute approximate surface area is 192 Å². The number of thioether (sulfide) groups is 1. The summed E-state index contributed by atoms with van der Waals surface area (Å²) in [7, 11) is 0. The van der Waals surface area contributed by atoms with E-state index in [0.29, 0.717) is 6.04 Å². The molecule has 2 aliphatic heterocycles. The molecule has 0 amide bonds. The number of aliphatic imine (C=N–C) groups is 1. The van der Waals surface area contributed by atoms with Crippen molar-refractivity contribution in [2.24, 2.45) is 4.99 Å². The minimum Gasteiger partial charge on any atom is -0.478 e. The van der Waals surface area contributed by atoms with Crippen LogP contribution < -0.4 is 0 Å². The van der Waals surface area contributed by atoms with E-state index in [0.717, 1.165) is 40.1 Å². The van der Waals surface area contributed by atoms with Crippen molar-refractivity contribution < 1.29 is 9.90 Å². The highest BCUT2D eigenvalue weighted by atomic mass is 32.2. The number of amidine groups is 1. The van der Waals surface area contributed by atoms with E-state index in [1.807, 2.05) is 36.2 Å². The Kier molecular flexibility index (Phi) is 5.29. The van der Waals surface area contributed by atoms with Gasteiger partial charge in [-0.05, 0) is 62.2 Å². The third-order valence-electron chi connectivity index (χ3n) is 6.47. The first-order valence-electron chi connectivity index (χ1n) is 10.9. The first-order valence-corrected chi connectivity index (χ1v) is 11.9. The molecule has 0 bridgehead atoms. The summed E-state index contributed by atoms with van der Waals surface area (Å²) < 4.78 is 2.15. The van der Waals surface area contributed by atoms with Crippen molar-refractivity contribution in [1.82, 2.24) is 14.5 Å². The molecular formula is C25H26N4O2S. The number of fused-ring (bicyclic) bond motifs is 1. The van der Waals surface area contributed by atoms with Crippen molar-refractivity contribution in [3.8, 4) is 5.69 Å². The number of carboxylic acid groups (broad SMARTS) is 1. The number of rotatable bonds is 5. The minimum atomic E-state index is -0.918. The zero-order valence-corrected chi connectivity index (χ0v) is 19.2. The van der Waals surface area contributed by atoms with E-state index in [2.05, 4.69) is 47.4 Å². The minimum absolute atomic E-state index is 0.0626. The van der Waals surface area contributed by atoms with Crippen molar-refractivity contribution in [1.29, 1.82) is 0 Å². The summed E-state index contributed by atoms with van der Waals surface area (Å²) >= 11 is 1.84. The van der Waals surface area contributed by atoms with Gasteiger partial charge in [-0.15, -0.1) is 0 Å². The van der Waals surface area contributed by atoms with E-state index in [9.17, 15) is 9.90 Å². The molecule has 32 heavy (non-hydrogen) atoms. The lowest BCUT2D eigenvalue weighted by atomic mass is 9.95. The van der Waals surface area contributed by atoms with E-state index in [-0.39, 0.29) is 17.6 Å². The predicted octanol–water partition coefficient (Wildman–Crippen LogP) is 5.17. The number of aromatic nitrogens is 2. The number of hydrogen-bond donors (Lipinski definition) is 1. The van der Waals surface area contributed by atoms with Crippen LogP contribution in [-0.2, 0) is 0 Å². The van der Waals surface area contributed by atoms with Crippen molar-refractivity contribution in [3.63, 3.8) is 0 Å². The fourth-order valence-corrected chi connectivity index (χ4v) is 6.29. The third kappa shape index (κ3) is 3.32. The largest absolute Gasteiger partial charge is 0.478 e. The summed E-state index contributed by atoms with van der Waals surface area (Å²) in [5, 5.41) is 10.6. The summed E-state index contributed by atoms with van der Waals surface area (Å²) in [4.78, 5) is 23.8. The summed E-state index contributed by atoms with van der Waals surface area (Å²) in [6, 6.07) is 15.8. The molecule has 2 aromatic heterocycles. The van der Waals surface area contributed by atoms with Gasteiger partial charge in [0.1, 0.15) is 6.04 Å². The molecule has 3 atom stereocenters. The second-order valence-corrected chi connectivity index (χ2v) is 9.34. The Morgan fingerprint density at radius 1 is 1.19 bits per heavy atom. The van der Waals surface area contributed by atoms with Gasteiger partial charge in [-0.2, -0.15) is 0 Å². The molecule has 0 spiro atoms. The van der Waals surface area contributed by atoms with Crippen molar-refractivity contribution >= 4 is 22.9 Å². The maximum Gasteiger partial charge on any atom is 0.335 e. The van der Waals surface area contributed by atoms with E-state index < -0.39 is 5.97 Å². The molecule has 1 N–H and O–H groups in total. The number of hydrogen-bond acceptors (Lipinski definition) is 5. The van der Waals surface area contributed by atoms with Crippen LogP contribution in [0.3, 0.4) is 0 Å². The Hall–Kier alpha value is -3.06. The number of aromatic carboxylic acids is 1. The van der Waals surface area contributed by atoms with Crippen molar-refractivity contribution in [3.05, 3.63) is 82.9 Å². The van der Waals surface area contributed by atoms with E-state index in [1.54, 1.807) is 18.2 Å². The van der Waals surface area contributed by atoms with Crippen LogP contribution in [0.2, 0.25) is 0 Å². The molecule has 164 valence electrons. The standard InChI is InChI=1S/C25H26N4O2S/c1-4-18-14-32-25-27-22(21-10-5-6-11-26-21)23(29(18)25)20-12-15(2)28(16(20)3)19-9-7-8-17(13-19)24(30)31/h5-13,18,22-23H,4,14H2,1-3H3,(H,30,31)/t18-,22-,23+/m0/s1. The van der Waals surface area contributed by atoms with E-state index >= 15 is 0 Å². The van der Waals surface area contributed by atoms with Crippen LogP contribution in [-0.4, -0.2) is 42.5 Å². The second kappa shape index (κ2) is 8.13. The molecule has 7 heteroatoms. The molecule has 2 aliphatic rings. The number of benzene rings is 1. The van der Waals surface area contributed by atoms with Crippen LogP contribution in [0.4, 0.5) is 0 Å². The molecule has 1 fully saturated rings. The number of pyridine rings is 1. The molecule has 0 unspecified atom stereocenters. The normalized spacial score (nSPS) is 22.2. The zero-order valence-electron chi connectivity index (χ0n) is 18.4. The Morgan fingerprint density at radius 3 is 2.75 bits per heavy atom. The fraction of sp³-hybridized carbons (Fsp3) is 0.320. The zero-order chi connectivity index (χ0) is 22.4. The number of carbonyl (C=O) groups is 1. The molecule has 4 heterocycles. The number of aryl methyl sites for hydroxylation is 1. The van der Waals surface area contributed by atoms with Crippen LogP contribution in [0.5, 0.6) is 0 Å². The Morgan fingerprint density at radius 2 is 2.03 bits per heavy atom. The maximum absolute atomic E-state index is 11.5. The monoisotopic (exact) mass is 446 g/mol. The first kappa shape index (κ1) is 20.8. The highest BCUT2D eigenvalue weighted by Crippen LogP contribution is 2.49. The number of nitrogens with zero attached hydrogens (tertiary/aromatic N) is 4. The SMILES string of the molecule is CC[C@H]1CSC2=N[C@@H](c3ccccn3)[C@@H](c3cc(C)n(-c4cccc(C(=O)O)c4)c3C)N21. The molecule has 0 saturated carbocycles. The van der Waals surface area contributed by atoms with Gasteiger partial charge in [0.15, 0.2) is 5.17 Å². The van der Waals surface area contributed by atoms with Crippen LogP contribution in [0.15, 0.2) is 59.7 Å². The van der Waals surface area contributed by atoms with E-state index in [4.69, 9.17) is 4.99 Å². The quantitative estimate of drug-likeness (QED) is 0.586. The van der Waals surface area contributed by atoms with Gasteiger partial charge in [-0.1, -0.05) is 30.8 Å². The van der Waals surface area contributed by atoms with Gasteiger partial charge in [-0.3, -0.25) is 9.98 Å². The van der Waals surface area contributed by atoms with Crippen LogP contribution in [0.1, 0.15) is 58.4 Å². The van der Waals surface area contributed by atoms with Gasteiger partial charge < -0.3 is 14.6 Å². The smallest absolute Gasteiger partial charge is 0.335 e. The number of carboxylic acids is 1. The summed E-state index contributed by atoms with van der Waals surface area (Å²) in [6.07, 6.45) is 2.90. The van der Waals surface area contributed by atoms with Crippen molar-refractivity contribution in [2.75, 3.05) is 5.75 Å². The fourth-order valence-electron chi connectivity index (χ4n) is 4.95. The average molecular weight is 447 g/mol. The van der Waals surface area contributed by atoms with Gasteiger partial charge >= 0.3 is 5.97 Å². The van der Waals surface area contributed by atoms with Gasteiger partial charge in [0.05, 0.1) is 17.3 Å². The summed E-state index contributed by atoms with van der Waals surface area (Å²) in [5.41, 5.74) is 5.54. The molecule has 0 radical (unpaired) electrons. The first-order chi connectivity index (χ1) is 15.5. The molecule has 0 aliphatic carbocycles. The molecule has 5 rings (SSSR count). The topological polar surface area (TPSA) is 70.7 Å². The molecule has 1 saturated heterocycles. The average Bonchev–Trinajstić information content (AvgIpc) is 3.45. The molecule has 6 nitrogen and oxygen atoms in total. The summed E-state index contributed by atoms with van der Waals surface area (Å²) in [5.74, 6) is 0.138. The second-order valence-electron chi connectivity index (χ2n) is 8.35. The van der Waals surface area contributed by atoms with Crippen LogP contribution in [0, 0.1) is 13.8 Å².